The second kappa shape index (κ2) is 5.48. The Kier molecular flexibility index (Phi) is 3.92. The lowest BCUT2D eigenvalue weighted by Crippen LogP contribution is -2.49. The van der Waals surface area contributed by atoms with E-state index < -0.39 is 11.5 Å². The van der Waals surface area contributed by atoms with Gasteiger partial charge in [0.1, 0.15) is 5.92 Å². The third kappa shape index (κ3) is 2.41. The number of halogens is 1. The molecule has 0 aromatic heterocycles. The number of amides is 1. The number of ketones is 1. The van der Waals surface area contributed by atoms with E-state index in [2.05, 4.69) is 28.2 Å². The average Bonchev–Trinajstić information content (AvgIpc) is 2.62. The minimum absolute atomic E-state index is 0.0811. The molecule has 1 aromatic carbocycles. The topological polar surface area (TPSA) is 46.2 Å². The van der Waals surface area contributed by atoms with Gasteiger partial charge in [0.05, 0.1) is 5.54 Å². The molecule has 118 valence electrons. The summed E-state index contributed by atoms with van der Waals surface area (Å²) in [5.41, 5.74) is 2.27. The van der Waals surface area contributed by atoms with Crippen molar-refractivity contribution in [3.63, 3.8) is 0 Å². The molecule has 0 bridgehead atoms. The molecule has 22 heavy (non-hydrogen) atoms. The number of rotatable bonds is 1. The molecule has 1 aliphatic heterocycles. The van der Waals surface area contributed by atoms with Gasteiger partial charge in [0.2, 0.25) is 5.91 Å². The minimum Gasteiger partial charge on any atom is -0.343 e. The van der Waals surface area contributed by atoms with Crippen molar-refractivity contribution < 1.29 is 9.59 Å². The van der Waals surface area contributed by atoms with Gasteiger partial charge in [-0.1, -0.05) is 35.7 Å². The smallest absolute Gasteiger partial charge is 0.235 e. The predicted octanol–water partition coefficient (Wildman–Crippen LogP) is 3.80. The molecule has 2 fully saturated rings. The second-order valence-corrected chi connectivity index (χ2v) is 7.94. The zero-order valence-corrected chi connectivity index (χ0v) is 14.9. The van der Waals surface area contributed by atoms with Crippen molar-refractivity contribution in [1.82, 2.24) is 5.32 Å². The Bertz CT molecular complexity index is 631. The summed E-state index contributed by atoms with van der Waals surface area (Å²) in [4.78, 5) is 25.7. The first-order chi connectivity index (χ1) is 10.3. The Balaban J connectivity index is 2.03. The first kappa shape index (κ1) is 15.7. The fourth-order valence-corrected chi connectivity index (χ4v) is 4.98. The molecule has 2 aliphatic rings. The van der Waals surface area contributed by atoms with Crippen molar-refractivity contribution in [3.8, 4) is 0 Å². The standard InChI is InChI=1S/C18H22BrNO2/c1-10-5-4-6-18(9-10)16(21)15(17(22)20-18)14-11(2)7-13(19)8-12(14)3/h7-8,10,15H,4-6,9H2,1-3H3,(H,20,22). The summed E-state index contributed by atoms with van der Waals surface area (Å²) in [5, 5.41) is 3.07. The lowest BCUT2D eigenvalue weighted by atomic mass is 9.72. The molecule has 1 saturated carbocycles. The van der Waals surface area contributed by atoms with Crippen LogP contribution in [0.2, 0.25) is 0 Å². The lowest BCUT2D eigenvalue weighted by molar-refractivity contribution is -0.126. The Labute approximate surface area is 140 Å². The van der Waals surface area contributed by atoms with Crippen LogP contribution in [0.25, 0.3) is 0 Å². The molecule has 1 aromatic rings. The van der Waals surface area contributed by atoms with Gasteiger partial charge in [0, 0.05) is 4.47 Å². The van der Waals surface area contributed by atoms with Gasteiger partial charge in [-0.05, 0) is 61.4 Å². The van der Waals surface area contributed by atoms with Crippen LogP contribution in [-0.2, 0) is 9.59 Å². The van der Waals surface area contributed by atoms with Gasteiger partial charge in [-0.2, -0.15) is 0 Å². The van der Waals surface area contributed by atoms with Gasteiger partial charge in [0.15, 0.2) is 5.78 Å². The number of hydrogen-bond acceptors (Lipinski definition) is 2. The number of carbonyl (C=O) groups excluding carboxylic acids is 2. The summed E-state index contributed by atoms with van der Waals surface area (Å²) in [6.45, 7) is 6.12. The van der Waals surface area contributed by atoms with Crippen molar-refractivity contribution in [1.29, 1.82) is 0 Å². The van der Waals surface area contributed by atoms with Crippen LogP contribution in [0.1, 0.15) is 55.2 Å². The van der Waals surface area contributed by atoms with Gasteiger partial charge in [-0.3, -0.25) is 9.59 Å². The molecule has 3 atom stereocenters. The molecule has 3 nitrogen and oxygen atoms in total. The van der Waals surface area contributed by atoms with Gasteiger partial charge in [0.25, 0.3) is 0 Å². The maximum atomic E-state index is 13.1. The normalized spacial score (nSPS) is 31.6. The van der Waals surface area contributed by atoms with Crippen LogP contribution >= 0.6 is 15.9 Å². The summed E-state index contributed by atoms with van der Waals surface area (Å²) < 4.78 is 0.984. The maximum Gasteiger partial charge on any atom is 0.235 e. The molecule has 1 saturated heterocycles. The molecule has 1 spiro atoms. The highest BCUT2D eigenvalue weighted by Gasteiger charge is 2.54. The van der Waals surface area contributed by atoms with Gasteiger partial charge < -0.3 is 5.32 Å². The van der Waals surface area contributed by atoms with Crippen LogP contribution in [0, 0.1) is 19.8 Å². The monoisotopic (exact) mass is 363 g/mol. The lowest BCUT2D eigenvalue weighted by Gasteiger charge is -2.35. The van der Waals surface area contributed by atoms with E-state index in [1.54, 1.807) is 0 Å². The molecule has 1 amide bonds. The van der Waals surface area contributed by atoms with Crippen LogP contribution in [-0.4, -0.2) is 17.2 Å². The van der Waals surface area contributed by atoms with Crippen LogP contribution < -0.4 is 5.32 Å². The number of benzene rings is 1. The molecule has 1 N–H and O–H groups in total. The average molecular weight is 364 g/mol. The highest BCUT2D eigenvalue weighted by atomic mass is 79.9. The molecule has 3 unspecified atom stereocenters. The molecule has 1 aliphatic carbocycles. The summed E-state index contributed by atoms with van der Waals surface area (Å²) in [6, 6.07) is 3.97. The summed E-state index contributed by atoms with van der Waals surface area (Å²) >= 11 is 3.48. The van der Waals surface area contributed by atoms with E-state index in [9.17, 15) is 9.59 Å². The third-order valence-electron chi connectivity index (χ3n) is 5.20. The second-order valence-electron chi connectivity index (χ2n) is 7.02. The molecule has 0 radical (unpaired) electrons. The SMILES string of the molecule is Cc1cc(Br)cc(C)c1C1C(=O)NC2(CCCC(C)C2)C1=O. The molecular weight excluding hydrogens is 342 g/mol. The summed E-state index contributed by atoms with van der Waals surface area (Å²) in [6.07, 6.45) is 3.72. The Hall–Kier alpha value is -1.16. The van der Waals surface area contributed by atoms with Crippen LogP contribution in [0.5, 0.6) is 0 Å². The fourth-order valence-electron chi connectivity index (χ4n) is 4.29. The highest BCUT2D eigenvalue weighted by Crippen LogP contribution is 2.42. The Morgan fingerprint density at radius 1 is 1.23 bits per heavy atom. The molecule has 3 rings (SSSR count). The zero-order valence-electron chi connectivity index (χ0n) is 13.3. The largest absolute Gasteiger partial charge is 0.343 e. The van der Waals surface area contributed by atoms with Gasteiger partial charge >= 0.3 is 0 Å². The van der Waals surface area contributed by atoms with Crippen molar-refractivity contribution >= 4 is 27.6 Å². The Morgan fingerprint density at radius 2 is 1.86 bits per heavy atom. The van der Waals surface area contributed by atoms with Crippen molar-refractivity contribution in [2.75, 3.05) is 0 Å². The Morgan fingerprint density at radius 3 is 2.45 bits per heavy atom. The summed E-state index contributed by atoms with van der Waals surface area (Å²) in [5.74, 6) is -0.188. The third-order valence-corrected chi connectivity index (χ3v) is 5.66. The predicted molar refractivity (Wildman–Crippen MR) is 89.9 cm³/mol. The van der Waals surface area contributed by atoms with Crippen molar-refractivity contribution in [2.45, 2.75) is 57.9 Å². The fraction of sp³-hybridized carbons (Fsp3) is 0.556. The maximum absolute atomic E-state index is 13.1. The molecular formula is C18H22BrNO2. The van der Waals surface area contributed by atoms with E-state index in [0.717, 1.165) is 46.8 Å². The number of Topliss-reactive ketones (excluding diaryl/α,β-unsaturated/α-hetero) is 1. The first-order valence-electron chi connectivity index (χ1n) is 7.97. The van der Waals surface area contributed by atoms with Gasteiger partial charge in [-0.15, -0.1) is 0 Å². The molecule has 4 heteroatoms. The van der Waals surface area contributed by atoms with E-state index in [0.29, 0.717) is 5.92 Å². The van der Waals surface area contributed by atoms with Crippen molar-refractivity contribution in [2.24, 2.45) is 5.92 Å². The zero-order chi connectivity index (χ0) is 16.1. The van der Waals surface area contributed by atoms with Gasteiger partial charge in [-0.25, -0.2) is 0 Å². The van der Waals surface area contributed by atoms with Crippen LogP contribution in [0.3, 0.4) is 0 Å². The first-order valence-corrected chi connectivity index (χ1v) is 8.76. The molecule has 1 heterocycles. The van der Waals surface area contributed by atoms with E-state index in [1.807, 2.05) is 26.0 Å². The van der Waals surface area contributed by atoms with E-state index in [1.165, 1.54) is 0 Å². The quantitative estimate of drug-likeness (QED) is 0.771. The minimum atomic E-state index is -0.640. The van der Waals surface area contributed by atoms with Crippen LogP contribution in [0.15, 0.2) is 16.6 Å². The number of hydrogen-bond donors (Lipinski definition) is 1. The number of nitrogens with one attached hydrogen (secondary N) is 1. The van der Waals surface area contributed by atoms with Crippen molar-refractivity contribution in [3.05, 3.63) is 33.3 Å². The van der Waals surface area contributed by atoms with Crippen LogP contribution in [0.4, 0.5) is 0 Å². The highest BCUT2D eigenvalue weighted by molar-refractivity contribution is 9.10. The van der Waals surface area contributed by atoms with E-state index in [4.69, 9.17) is 0 Å². The van der Waals surface area contributed by atoms with E-state index >= 15 is 0 Å². The number of aryl methyl sites for hydroxylation is 2. The van der Waals surface area contributed by atoms with E-state index in [-0.39, 0.29) is 11.7 Å². The number of carbonyl (C=O) groups is 2. The summed E-state index contributed by atoms with van der Waals surface area (Å²) in [7, 11) is 0.